The van der Waals surface area contributed by atoms with E-state index in [4.69, 9.17) is 10.3 Å². The maximum absolute atomic E-state index is 9.73. The van der Waals surface area contributed by atoms with Crippen LogP contribution in [0.1, 0.15) is 13.3 Å². The molecule has 0 bridgehead atoms. The number of hydroxylamine groups is 2. The van der Waals surface area contributed by atoms with Gasteiger partial charge in [0.25, 0.3) is 0 Å². The Kier molecular flexibility index (Phi) is 3.72. The monoisotopic (exact) mass is 120 g/mol. The smallest absolute Gasteiger partial charge is 0.0676 e. The van der Waals surface area contributed by atoms with E-state index in [9.17, 15) is 5.21 Å². The second-order valence-electron chi connectivity index (χ2n) is 1.60. The summed E-state index contributed by atoms with van der Waals surface area (Å²) in [6.07, 6.45) is -0.225. The first-order chi connectivity index (χ1) is 3.66. The van der Waals surface area contributed by atoms with Crippen LogP contribution in [-0.2, 0) is 0 Å². The zero-order valence-electron chi connectivity index (χ0n) is 4.74. The zero-order valence-corrected chi connectivity index (χ0v) is 4.74. The fraction of sp³-hybridized carbons (Fsp3) is 1.00. The summed E-state index contributed by atoms with van der Waals surface area (Å²) in [6, 6.07) is 0. The molecule has 1 atom stereocenters. The highest BCUT2D eigenvalue weighted by molar-refractivity contribution is 4.53. The Morgan fingerprint density at radius 3 is 2.38 bits per heavy atom. The molecule has 0 aromatic rings. The van der Waals surface area contributed by atoms with Gasteiger partial charge in [-0.15, -0.1) is 0 Å². The molecule has 0 aliphatic heterocycles. The first kappa shape index (κ1) is 7.84. The van der Waals surface area contributed by atoms with Crippen molar-refractivity contribution in [2.24, 2.45) is 0 Å². The van der Waals surface area contributed by atoms with E-state index in [2.05, 4.69) is 0 Å². The highest BCUT2D eigenvalue weighted by atomic mass is 16.8. The molecule has 0 aromatic carbocycles. The molecule has 0 aliphatic rings. The number of aliphatic hydroxyl groups is 1. The molecule has 0 fully saturated rings. The van der Waals surface area contributed by atoms with E-state index in [1.54, 1.807) is 6.92 Å². The van der Waals surface area contributed by atoms with Gasteiger partial charge in [0, 0.05) is 6.54 Å². The van der Waals surface area contributed by atoms with Gasteiger partial charge < -0.3 is 15.5 Å². The molecule has 0 aliphatic carbocycles. The fourth-order valence-electron chi connectivity index (χ4n) is 0.309. The van der Waals surface area contributed by atoms with Crippen molar-refractivity contribution in [1.82, 2.24) is 5.23 Å². The van der Waals surface area contributed by atoms with Gasteiger partial charge in [-0.05, 0) is 6.42 Å². The normalized spacial score (nSPS) is 14.6. The number of hydrogen-bond donors (Lipinski definition) is 2. The summed E-state index contributed by atoms with van der Waals surface area (Å²) in [5.74, 6) is 0. The van der Waals surface area contributed by atoms with E-state index in [0.29, 0.717) is 6.42 Å². The molecule has 2 N–H and O–H groups in total. The Morgan fingerprint density at radius 1 is 1.75 bits per heavy atom. The Bertz CT molecular complexity index is 57.2. The maximum Gasteiger partial charge on any atom is 0.0676 e. The average Bonchev–Trinajstić information content (AvgIpc) is 1.65. The van der Waals surface area contributed by atoms with Crippen molar-refractivity contribution in [3.8, 4) is 0 Å². The maximum atomic E-state index is 9.73. The van der Waals surface area contributed by atoms with Crippen molar-refractivity contribution in [2.45, 2.75) is 19.4 Å². The van der Waals surface area contributed by atoms with Crippen LogP contribution in [0.15, 0.2) is 0 Å². The van der Waals surface area contributed by atoms with Crippen LogP contribution in [0.25, 0.3) is 0 Å². The number of hydrogen-bond acceptors (Lipinski definition) is 4. The molecule has 4 nitrogen and oxygen atoms in total. The first-order valence-corrected chi connectivity index (χ1v) is 2.48. The molecular weight excluding hydrogens is 110 g/mol. The van der Waals surface area contributed by atoms with Crippen molar-refractivity contribution in [3.63, 3.8) is 0 Å². The van der Waals surface area contributed by atoms with Crippen LogP contribution in [0.2, 0.25) is 0 Å². The summed E-state index contributed by atoms with van der Waals surface area (Å²) in [5.41, 5.74) is 0. The Balaban J connectivity index is 3.10. The largest absolute Gasteiger partial charge is 0.762 e. The third-order valence-corrected chi connectivity index (χ3v) is 0.838. The Hall–Kier alpha value is -0.160. The van der Waals surface area contributed by atoms with Crippen LogP contribution >= 0.6 is 0 Å². The van der Waals surface area contributed by atoms with Gasteiger partial charge in [-0.3, -0.25) is 5.23 Å². The Morgan fingerprint density at radius 2 is 2.25 bits per heavy atom. The second kappa shape index (κ2) is 3.80. The lowest BCUT2D eigenvalue weighted by atomic mass is 10.3. The van der Waals surface area contributed by atoms with E-state index in [1.807, 2.05) is 0 Å². The molecule has 0 saturated heterocycles. The molecule has 0 radical (unpaired) electrons. The van der Waals surface area contributed by atoms with Gasteiger partial charge >= 0.3 is 0 Å². The fourth-order valence-corrected chi connectivity index (χ4v) is 0.309. The topological polar surface area (TPSA) is 66.8 Å². The van der Waals surface area contributed by atoms with Crippen LogP contribution in [0.4, 0.5) is 0 Å². The van der Waals surface area contributed by atoms with Gasteiger partial charge in [0.2, 0.25) is 0 Å². The van der Waals surface area contributed by atoms with Gasteiger partial charge in [0.05, 0.1) is 6.10 Å². The van der Waals surface area contributed by atoms with Gasteiger partial charge in [-0.1, -0.05) is 6.92 Å². The Labute approximate surface area is 47.9 Å². The molecule has 0 saturated carbocycles. The number of rotatable bonds is 3. The third kappa shape index (κ3) is 4.01. The van der Waals surface area contributed by atoms with Gasteiger partial charge in [-0.25, -0.2) is 0 Å². The molecule has 1 unspecified atom stereocenters. The van der Waals surface area contributed by atoms with Crippen molar-refractivity contribution < 1.29 is 10.3 Å². The summed E-state index contributed by atoms with van der Waals surface area (Å²) in [5, 5.41) is 26.1. The molecule has 0 rings (SSSR count). The van der Waals surface area contributed by atoms with Crippen molar-refractivity contribution in [1.29, 1.82) is 0 Å². The minimum Gasteiger partial charge on any atom is -0.762 e. The predicted octanol–water partition coefficient (Wildman–Crippen LogP) is -0.0537. The lowest BCUT2D eigenvalue weighted by Gasteiger charge is -2.21. The lowest BCUT2D eigenvalue weighted by molar-refractivity contribution is -0.0688. The molecule has 0 spiro atoms. The van der Waals surface area contributed by atoms with Gasteiger partial charge in [0.1, 0.15) is 0 Å². The molecule has 8 heavy (non-hydrogen) atoms. The van der Waals surface area contributed by atoms with E-state index in [-0.39, 0.29) is 11.8 Å². The van der Waals surface area contributed by atoms with Crippen LogP contribution in [0.3, 0.4) is 0 Å². The second-order valence-corrected chi connectivity index (χ2v) is 1.60. The minimum absolute atomic E-state index is 0.226. The van der Waals surface area contributed by atoms with Crippen LogP contribution in [0.5, 0.6) is 0 Å². The molecular formula is C4H10NO3-. The third-order valence-electron chi connectivity index (χ3n) is 0.838. The summed E-state index contributed by atoms with van der Waals surface area (Å²) < 4.78 is 0. The van der Waals surface area contributed by atoms with Crippen molar-refractivity contribution >= 4 is 0 Å². The SMILES string of the molecule is CCC(O)CN([O-])O. The highest BCUT2D eigenvalue weighted by Gasteiger charge is 1.97. The van der Waals surface area contributed by atoms with E-state index < -0.39 is 6.10 Å². The minimum atomic E-state index is -0.711. The molecule has 0 amide bonds. The molecule has 50 valence electrons. The highest BCUT2D eigenvalue weighted by Crippen LogP contribution is 1.90. The quantitative estimate of drug-likeness (QED) is 0.512. The first-order valence-electron chi connectivity index (χ1n) is 2.48. The predicted molar refractivity (Wildman–Crippen MR) is 28.2 cm³/mol. The standard InChI is InChI=1S/C4H10NO3/c1-2-4(6)3-5(7)8/h4,6-7H,2-3H2,1H3/q-1. The summed E-state index contributed by atoms with van der Waals surface area (Å²) in [4.78, 5) is 0. The van der Waals surface area contributed by atoms with Crippen molar-refractivity contribution in [2.75, 3.05) is 6.54 Å². The lowest BCUT2D eigenvalue weighted by Crippen LogP contribution is -2.23. The van der Waals surface area contributed by atoms with Crippen molar-refractivity contribution in [3.05, 3.63) is 5.21 Å². The summed E-state index contributed by atoms with van der Waals surface area (Å²) >= 11 is 0. The summed E-state index contributed by atoms with van der Waals surface area (Å²) in [7, 11) is 0. The van der Waals surface area contributed by atoms with E-state index in [0.717, 1.165) is 0 Å². The van der Waals surface area contributed by atoms with Gasteiger partial charge in [-0.2, -0.15) is 0 Å². The van der Waals surface area contributed by atoms with Crippen LogP contribution < -0.4 is 0 Å². The molecule has 4 heteroatoms. The van der Waals surface area contributed by atoms with Crippen LogP contribution in [-0.4, -0.2) is 28.2 Å². The molecule has 0 heterocycles. The number of nitrogens with zero attached hydrogens (tertiary/aromatic N) is 1. The zero-order chi connectivity index (χ0) is 6.57. The number of aliphatic hydroxyl groups excluding tert-OH is 1. The van der Waals surface area contributed by atoms with E-state index >= 15 is 0 Å². The molecule has 0 aromatic heterocycles. The van der Waals surface area contributed by atoms with Gasteiger partial charge in [0.15, 0.2) is 0 Å². The van der Waals surface area contributed by atoms with E-state index in [1.165, 1.54) is 0 Å². The summed E-state index contributed by atoms with van der Waals surface area (Å²) in [6.45, 7) is 1.50. The average molecular weight is 120 g/mol. The van der Waals surface area contributed by atoms with Crippen LogP contribution in [0, 0.1) is 5.21 Å².